The highest BCUT2D eigenvalue weighted by Gasteiger charge is 2.39. The van der Waals surface area contributed by atoms with Gasteiger partial charge in [-0.05, 0) is 57.8 Å². The van der Waals surface area contributed by atoms with E-state index in [4.69, 9.17) is 4.74 Å². The zero-order valence-electron chi connectivity index (χ0n) is 16.6. The molecule has 2 atom stereocenters. The average molecular weight is 383 g/mol. The van der Waals surface area contributed by atoms with Crippen molar-refractivity contribution in [3.05, 3.63) is 42.2 Å². The predicted octanol–water partition coefficient (Wildman–Crippen LogP) is 2.94. The van der Waals surface area contributed by atoms with Crippen LogP contribution in [0.4, 0.5) is 0 Å². The Morgan fingerprint density at radius 1 is 1.21 bits per heavy atom. The normalized spacial score (nSPS) is 24.2. The summed E-state index contributed by atoms with van der Waals surface area (Å²) in [5.41, 5.74) is 3.45. The first-order valence-electron chi connectivity index (χ1n) is 10.5. The van der Waals surface area contributed by atoms with Gasteiger partial charge in [-0.3, -0.25) is 14.8 Å². The number of benzene rings is 1. The molecule has 1 aromatic heterocycles. The molecular weight excluding hydrogens is 352 g/mol. The Hall–Kier alpha value is -2.18. The highest BCUT2D eigenvalue weighted by Crippen LogP contribution is 2.37. The molecule has 2 aromatic rings. The van der Waals surface area contributed by atoms with Gasteiger partial charge in [-0.1, -0.05) is 30.3 Å². The van der Waals surface area contributed by atoms with Gasteiger partial charge in [0.05, 0.1) is 12.8 Å². The third kappa shape index (κ3) is 3.98. The molecule has 6 heteroatoms. The molecule has 3 heterocycles. The molecule has 0 bridgehead atoms. The number of piperidine rings is 2. The Kier molecular flexibility index (Phi) is 6.07. The van der Waals surface area contributed by atoms with Gasteiger partial charge in [0, 0.05) is 23.2 Å². The Morgan fingerprint density at radius 3 is 2.75 bits per heavy atom. The summed E-state index contributed by atoms with van der Waals surface area (Å²) < 4.78 is 5.46. The summed E-state index contributed by atoms with van der Waals surface area (Å²) in [6.07, 6.45) is 5.91. The lowest BCUT2D eigenvalue weighted by atomic mass is 9.84. The minimum atomic E-state index is -0.172. The van der Waals surface area contributed by atoms with Gasteiger partial charge < -0.3 is 10.1 Å². The summed E-state index contributed by atoms with van der Waals surface area (Å²) >= 11 is 0. The summed E-state index contributed by atoms with van der Waals surface area (Å²) in [4.78, 5) is 15.2. The van der Waals surface area contributed by atoms with Crippen LogP contribution in [0.15, 0.2) is 36.5 Å². The third-order valence-electron chi connectivity index (χ3n) is 6.14. The molecule has 1 aromatic carbocycles. The second kappa shape index (κ2) is 8.88. The number of nitrogens with zero attached hydrogens (tertiary/aromatic N) is 2. The van der Waals surface area contributed by atoms with Gasteiger partial charge in [-0.2, -0.15) is 5.10 Å². The minimum absolute atomic E-state index is 0.0773. The van der Waals surface area contributed by atoms with Crippen LogP contribution in [0.2, 0.25) is 0 Å². The SMILES string of the molecule is CCOC(=O)C1CC(c2[nH]ncc2-c2ccccc2)CCN1C1CCNCC1. The van der Waals surface area contributed by atoms with Crippen molar-refractivity contribution in [2.75, 3.05) is 26.2 Å². The molecule has 150 valence electrons. The van der Waals surface area contributed by atoms with Crippen molar-refractivity contribution in [1.82, 2.24) is 20.4 Å². The minimum Gasteiger partial charge on any atom is -0.465 e. The van der Waals surface area contributed by atoms with E-state index in [9.17, 15) is 4.79 Å². The molecule has 2 fully saturated rings. The van der Waals surface area contributed by atoms with Crippen LogP contribution in [0.1, 0.15) is 44.2 Å². The van der Waals surface area contributed by atoms with Crippen LogP contribution in [0.25, 0.3) is 11.1 Å². The van der Waals surface area contributed by atoms with E-state index >= 15 is 0 Å². The largest absolute Gasteiger partial charge is 0.465 e. The van der Waals surface area contributed by atoms with Gasteiger partial charge >= 0.3 is 5.97 Å². The quantitative estimate of drug-likeness (QED) is 0.778. The first-order valence-corrected chi connectivity index (χ1v) is 10.5. The molecule has 2 aliphatic rings. The number of hydrogen-bond donors (Lipinski definition) is 2. The van der Waals surface area contributed by atoms with E-state index in [0.717, 1.165) is 56.6 Å². The van der Waals surface area contributed by atoms with Gasteiger partial charge in [-0.25, -0.2) is 0 Å². The van der Waals surface area contributed by atoms with Crippen LogP contribution in [0.5, 0.6) is 0 Å². The fraction of sp³-hybridized carbons (Fsp3) is 0.545. The number of carbonyl (C=O) groups is 1. The number of ether oxygens (including phenoxy) is 1. The fourth-order valence-corrected chi connectivity index (χ4v) is 4.75. The number of hydrogen-bond acceptors (Lipinski definition) is 5. The zero-order chi connectivity index (χ0) is 19.3. The van der Waals surface area contributed by atoms with E-state index in [2.05, 4.69) is 32.5 Å². The maximum atomic E-state index is 12.8. The standard InChI is InChI=1S/C22H30N4O2/c1-2-28-22(27)20-14-17(10-13-26(20)18-8-11-23-12-9-18)21-19(15-24-25-21)16-6-4-3-5-7-16/h3-7,15,17-18,20,23H,2,8-14H2,1H3,(H,24,25). The number of aromatic nitrogens is 2. The number of likely N-dealkylation sites (tertiary alicyclic amines) is 1. The lowest BCUT2D eigenvalue weighted by molar-refractivity contribution is -0.152. The van der Waals surface area contributed by atoms with E-state index < -0.39 is 0 Å². The van der Waals surface area contributed by atoms with Crippen molar-refractivity contribution in [2.45, 2.75) is 50.6 Å². The lowest BCUT2D eigenvalue weighted by Crippen LogP contribution is -2.54. The number of nitrogens with one attached hydrogen (secondary N) is 2. The van der Waals surface area contributed by atoms with Crippen LogP contribution in [0.3, 0.4) is 0 Å². The molecule has 0 radical (unpaired) electrons. The summed E-state index contributed by atoms with van der Waals surface area (Å²) in [6, 6.07) is 10.6. The Labute approximate surface area is 166 Å². The monoisotopic (exact) mass is 382 g/mol. The Bertz CT molecular complexity index is 770. The Balaban J connectivity index is 1.56. The van der Waals surface area contributed by atoms with E-state index in [0.29, 0.717) is 12.6 Å². The van der Waals surface area contributed by atoms with Crippen molar-refractivity contribution in [3.8, 4) is 11.1 Å². The number of esters is 1. The van der Waals surface area contributed by atoms with Crippen LogP contribution >= 0.6 is 0 Å². The second-order valence-corrected chi connectivity index (χ2v) is 7.77. The summed E-state index contributed by atoms with van der Waals surface area (Å²) in [6.45, 7) is 5.29. The van der Waals surface area contributed by atoms with Gasteiger partial charge in [-0.15, -0.1) is 0 Å². The molecule has 2 N–H and O–H groups in total. The molecule has 2 unspecified atom stereocenters. The van der Waals surface area contributed by atoms with Gasteiger partial charge in [0.1, 0.15) is 6.04 Å². The van der Waals surface area contributed by atoms with Crippen molar-refractivity contribution in [3.63, 3.8) is 0 Å². The zero-order valence-corrected chi connectivity index (χ0v) is 16.6. The van der Waals surface area contributed by atoms with Gasteiger partial charge in [0.25, 0.3) is 0 Å². The first-order chi connectivity index (χ1) is 13.8. The topological polar surface area (TPSA) is 70.2 Å². The number of H-pyrrole nitrogens is 1. The fourth-order valence-electron chi connectivity index (χ4n) is 4.75. The Morgan fingerprint density at radius 2 is 2.00 bits per heavy atom. The van der Waals surface area contributed by atoms with Crippen LogP contribution < -0.4 is 5.32 Å². The summed E-state index contributed by atoms with van der Waals surface area (Å²) in [5.74, 6) is 0.205. The molecule has 28 heavy (non-hydrogen) atoms. The first kappa shape index (κ1) is 19.2. The maximum Gasteiger partial charge on any atom is 0.323 e. The van der Waals surface area contributed by atoms with E-state index in [1.807, 2.05) is 31.3 Å². The third-order valence-corrected chi connectivity index (χ3v) is 6.14. The highest BCUT2D eigenvalue weighted by atomic mass is 16.5. The van der Waals surface area contributed by atoms with Crippen LogP contribution in [-0.4, -0.2) is 59.4 Å². The number of carbonyl (C=O) groups excluding carboxylic acids is 1. The summed E-state index contributed by atoms with van der Waals surface area (Å²) in [7, 11) is 0. The average Bonchev–Trinajstić information content (AvgIpc) is 3.25. The van der Waals surface area contributed by atoms with E-state index in [-0.39, 0.29) is 17.9 Å². The summed E-state index contributed by atoms with van der Waals surface area (Å²) in [5, 5.41) is 11.0. The molecule has 0 amide bonds. The number of aromatic amines is 1. The molecule has 2 saturated heterocycles. The van der Waals surface area contributed by atoms with Gasteiger partial charge in [0.15, 0.2) is 0 Å². The van der Waals surface area contributed by atoms with Crippen LogP contribution in [0, 0.1) is 0 Å². The molecule has 0 saturated carbocycles. The van der Waals surface area contributed by atoms with Crippen molar-refractivity contribution >= 4 is 5.97 Å². The molecule has 2 aliphatic heterocycles. The van der Waals surface area contributed by atoms with Crippen molar-refractivity contribution in [1.29, 1.82) is 0 Å². The molecule has 0 aliphatic carbocycles. The molecule has 4 rings (SSSR count). The molecular formula is C22H30N4O2. The smallest absolute Gasteiger partial charge is 0.323 e. The highest BCUT2D eigenvalue weighted by molar-refractivity contribution is 5.76. The number of rotatable bonds is 5. The van der Waals surface area contributed by atoms with E-state index in [1.54, 1.807) is 0 Å². The van der Waals surface area contributed by atoms with Crippen molar-refractivity contribution < 1.29 is 9.53 Å². The van der Waals surface area contributed by atoms with Crippen LogP contribution in [-0.2, 0) is 9.53 Å². The van der Waals surface area contributed by atoms with Crippen molar-refractivity contribution in [2.24, 2.45) is 0 Å². The predicted molar refractivity (Wildman–Crippen MR) is 109 cm³/mol. The molecule has 0 spiro atoms. The molecule has 6 nitrogen and oxygen atoms in total. The lowest BCUT2D eigenvalue weighted by Gasteiger charge is -2.43. The second-order valence-electron chi connectivity index (χ2n) is 7.77. The van der Waals surface area contributed by atoms with Gasteiger partial charge in [0.2, 0.25) is 0 Å². The maximum absolute atomic E-state index is 12.8. The van der Waals surface area contributed by atoms with E-state index in [1.165, 1.54) is 5.56 Å².